The van der Waals surface area contributed by atoms with Crippen molar-refractivity contribution in [1.82, 2.24) is 15.5 Å². The summed E-state index contributed by atoms with van der Waals surface area (Å²) in [7, 11) is 1.53. The molecule has 1 aliphatic rings. The van der Waals surface area contributed by atoms with Gasteiger partial charge < -0.3 is 15.5 Å². The molecule has 0 radical (unpaired) electrons. The van der Waals surface area contributed by atoms with E-state index in [2.05, 4.69) is 10.6 Å². The van der Waals surface area contributed by atoms with Crippen LogP contribution in [0.5, 0.6) is 0 Å². The van der Waals surface area contributed by atoms with Crippen LogP contribution in [0.25, 0.3) is 0 Å². The Balaban J connectivity index is 2.18. The Kier molecular flexibility index (Phi) is 5.75. The summed E-state index contributed by atoms with van der Waals surface area (Å²) < 4.78 is 27.2. The summed E-state index contributed by atoms with van der Waals surface area (Å²) in [4.78, 5) is 25.9. The van der Waals surface area contributed by atoms with Gasteiger partial charge in [-0.15, -0.1) is 0 Å². The minimum absolute atomic E-state index is 0.102. The minimum atomic E-state index is -0.696. The van der Waals surface area contributed by atoms with Gasteiger partial charge in [0.1, 0.15) is 17.7 Å². The third-order valence-corrected chi connectivity index (χ3v) is 4.31. The average Bonchev–Trinajstić information content (AvgIpc) is 3.01. The van der Waals surface area contributed by atoms with E-state index >= 15 is 0 Å². The van der Waals surface area contributed by atoms with Crippen molar-refractivity contribution >= 4 is 11.9 Å². The number of likely N-dealkylation sites (N-methyl/N-ethyl adjacent to an activating group) is 1. The number of carbonyl (C=O) groups excluding carboxylic acids is 2. The Morgan fingerprint density at radius 2 is 2.00 bits per heavy atom. The van der Waals surface area contributed by atoms with Gasteiger partial charge in [0.15, 0.2) is 0 Å². The lowest BCUT2D eigenvalue weighted by atomic mass is 9.95. The van der Waals surface area contributed by atoms with Crippen LogP contribution in [-0.2, 0) is 4.79 Å². The predicted octanol–water partition coefficient (Wildman–Crippen LogP) is 2.58. The number of nitrogens with one attached hydrogen (secondary N) is 2. The fourth-order valence-electron chi connectivity index (χ4n) is 3.02. The zero-order valence-corrected chi connectivity index (χ0v) is 14.1. The van der Waals surface area contributed by atoms with Crippen LogP contribution in [0.15, 0.2) is 18.2 Å². The number of likely N-dealkylation sites (tertiary alicyclic amines) is 1. The Morgan fingerprint density at radius 3 is 2.58 bits per heavy atom. The number of halogens is 2. The van der Waals surface area contributed by atoms with E-state index in [1.165, 1.54) is 24.1 Å². The standard InChI is InChI=1S/C17H23F2N3O2/c1-10(2)15(12-7-6-11(18)9-13(12)19)21-17(24)22-8-4-5-14(22)16(23)20-3/h6-7,9-10,14-15H,4-5,8H2,1-3H3,(H,20,23)(H,21,24)/t14-,15+/m0/s1. The molecule has 2 N–H and O–H groups in total. The van der Waals surface area contributed by atoms with E-state index < -0.39 is 29.7 Å². The van der Waals surface area contributed by atoms with E-state index in [1.54, 1.807) is 0 Å². The summed E-state index contributed by atoms with van der Waals surface area (Å²) in [6.07, 6.45) is 1.34. The van der Waals surface area contributed by atoms with Crippen LogP contribution in [0.4, 0.5) is 13.6 Å². The molecular weight excluding hydrogens is 316 g/mol. The molecule has 1 fully saturated rings. The van der Waals surface area contributed by atoms with E-state index in [0.717, 1.165) is 12.5 Å². The molecule has 0 aliphatic carbocycles. The van der Waals surface area contributed by atoms with Gasteiger partial charge >= 0.3 is 6.03 Å². The van der Waals surface area contributed by atoms with Gasteiger partial charge in [-0.05, 0) is 24.8 Å². The molecule has 24 heavy (non-hydrogen) atoms. The number of hydrogen-bond acceptors (Lipinski definition) is 2. The second-order valence-corrected chi connectivity index (χ2v) is 6.30. The average molecular weight is 339 g/mol. The summed E-state index contributed by atoms with van der Waals surface area (Å²) >= 11 is 0. The second kappa shape index (κ2) is 7.59. The number of nitrogens with zero attached hydrogens (tertiary/aromatic N) is 1. The zero-order valence-electron chi connectivity index (χ0n) is 14.1. The first-order chi connectivity index (χ1) is 11.3. The predicted molar refractivity (Wildman–Crippen MR) is 86.3 cm³/mol. The number of rotatable bonds is 4. The third kappa shape index (κ3) is 3.83. The molecule has 1 aromatic rings. The normalized spacial score (nSPS) is 18.6. The maximum Gasteiger partial charge on any atom is 0.318 e. The highest BCUT2D eigenvalue weighted by Crippen LogP contribution is 2.26. The molecule has 7 heteroatoms. The lowest BCUT2D eigenvalue weighted by Gasteiger charge is -2.29. The number of urea groups is 1. The van der Waals surface area contributed by atoms with Gasteiger partial charge in [-0.1, -0.05) is 19.9 Å². The van der Waals surface area contributed by atoms with Crippen molar-refractivity contribution < 1.29 is 18.4 Å². The molecule has 1 heterocycles. The highest BCUT2D eigenvalue weighted by molar-refractivity contribution is 5.87. The molecule has 2 atom stereocenters. The largest absolute Gasteiger partial charge is 0.357 e. The lowest BCUT2D eigenvalue weighted by Crippen LogP contribution is -2.50. The quantitative estimate of drug-likeness (QED) is 0.886. The third-order valence-electron chi connectivity index (χ3n) is 4.31. The van der Waals surface area contributed by atoms with E-state index in [0.29, 0.717) is 13.0 Å². The van der Waals surface area contributed by atoms with Gasteiger partial charge in [0, 0.05) is 25.2 Å². The number of benzene rings is 1. The molecule has 1 aromatic carbocycles. The van der Waals surface area contributed by atoms with Crippen molar-refractivity contribution in [1.29, 1.82) is 0 Å². The van der Waals surface area contributed by atoms with Crippen molar-refractivity contribution in [3.63, 3.8) is 0 Å². The topological polar surface area (TPSA) is 61.4 Å². The lowest BCUT2D eigenvalue weighted by molar-refractivity contribution is -0.124. The van der Waals surface area contributed by atoms with Gasteiger partial charge in [0.25, 0.3) is 0 Å². The summed E-state index contributed by atoms with van der Waals surface area (Å²) in [5, 5.41) is 5.34. The van der Waals surface area contributed by atoms with Crippen LogP contribution in [0.1, 0.15) is 38.3 Å². The van der Waals surface area contributed by atoms with Crippen LogP contribution >= 0.6 is 0 Å². The van der Waals surface area contributed by atoms with Crippen LogP contribution < -0.4 is 10.6 Å². The van der Waals surface area contributed by atoms with Crippen LogP contribution in [0.2, 0.25) is 0 Å². The summed E-state index contributed by atoms with van der Waals surface area (Å²) in [6.45, 7) is 4.16. The molecule has 0 bridgehead atoms. The highest BCUT2D eigenvalue weighted by atomic mass is 19.1. The second-order valence-electron chi connectivity index (χ2n) is 6.30. The Labute approximate surface area is 140 Å². The van der Waals surface area contributed by atoms with Crippen LogP contribution in [-0.4, -0.2) is 36.5 Å². The molecule has 0 saturated carbocycles. The zero-order chi connectivity index (χ0) is 17.9. The molecular formula is C17H23F2N3O2. The van der Waals surface area contributed by atoms with E-state index in [-0.39, 0.29) is 17.4 Å². The maximum atomic E-state index is 14.1. The SMILES string of the molecule is CNC(=O)[C@@H]1CCCN1C(=O)N[C@@H](c1ccc(F)cc1F)C(C)C. The fraction of sp³-hybridized carbons (Fsp3) is 0.529. The monoisotopic (exact) mass is 339 g/mol. The molecule has 132 valence electrons. The number of hydrogen-bond donors (Lipinski definition) is 2. The minimum Gasteiger partial charge on any atom is -0.357 e. The molecule has 3 amide bonds. The fourth-order valence-corrected chi connectivity index (χ4v) is 3.02. The van der Waals surface area contributed by atoms with E-state index in [4.69, 9.17) is 0 Å². The first-order valence-corrected chi connectivity index (χ1v) is 8.08. The first kappa shape index (κ1) is 18.2. The molecule has 0 unspecified atom stereocenters. The Morgan fingerprint density at radius 1 is 1.29 bits per heavy atom. The molecule has 0 spiro atoms. The molecule has 1 aliphatic heterocycles. The van der Waals surface area contributed by atoms with Gasteiger partial charge in [0.05, 0.1) is 6.04 Å². The van der Waals surface area contributed by atoms with Gasteiger partial charge in [-0.25, -0.2) is 13.6 Å². The Bertz CT molecular complexity index is 622. The molecule has 5 nitrogen and oxygen atoms in total. The van der Waals surface area contributed by atoms with Crippen LogP contribution in [0, 0.1) is 17.6 Å². The van der Waals surface area contributed by atoms with E-state index in [1.807, 2.05) is 13.8 Å². The van der Waals surface area contributed by atoms with Gasteiger partial charge in [0.2, 0.25) is 5.91 Å². The molecule has 2 rings (SSSR count). The Hall–Kier alpha value is -2.18. The van der Waals surface area contributed by atoms with Crippen molar-refractivity contribution in [2.24, 2.45) is 5.92 Å². The number of carbonyl (C=O) groups is 2. The summed E-state index contributed by atoms with van der Waals surface area (Å²) in [5.74, 6) is -1.67. The van der Waals surface area contributed by atoms with E-state index in [9.17, 15) is 18.4 Å². The molecule has 0 aromatic heterocycles. The number of amides is 3. The maximum absolute atomic E-state index is 14.1. The van der Waals surface area contributed by atoms with Crippen molar-refractivity contribution in [2.45, 2.75) is 38.8 Å². The van der Waals surface area contributed by atoms with Gasteiger partial charge in [-0.2, -0.15) is 0 Å². The highest BCUT2D eigenvalue weighted by Gasteiger charge is 2.35. The van der Waals surface area contributed by atoms with Crippen molar-refractivity contribution in [2.75, 3.05) is 13.6 Å². The van der Waals surface area contributed by atoms with Crippen molar-refractivity contribution in [3.05, 3.63) is 35.4 Å². The first-order valence-electron chi connectivity index (χ1n) is 8.08. The smallest absolute Gasteiger partial charge is 0.318 e. The van der Waals surface area contributed by atoms with Gasteiger partial charge in [-0.3, -0.25) is 4.79 Å². The van der Waals surface area contributed by atoms with Crippen molar-refractivity contribution in [3.8, 4) is 0 Å². The molecule has 1 saturated heterocycles. The van der Waals surface area contributed by atoms with Crippen LogP contribution in [0.3, 0.4) is 0 Å². The summed E-state index contributed by atoms with van der Waals surface area (Å²) in [6, 6.07) is 1.78. The summed E-state index contributed by atoms with van der Waals surface area (Å²) in [5.41, 5.74) is 0.232.